The van der Waals surface area contributed by atoms with Crippen molar-refractivity contribution in [1.29, 1.82) is 0 Å². The molecule has 0 saturated heterocycles. The maximum absolute atomic E-state index is 12.1. The van der Waals surface area contributed by atoms with Gasteiger partial charge in [0.1, 0.15) is 0 Å². The molecule has 1 atom stereocenters. The van der Waals surface area contributed by atoms with Crippen LogP contribution in [0.25, 0.3) is 0 Å². The summed E-state index contributed by atoms with van der Waals surface area (Å²) in [4.78, 5) is 22.9. The van der Waals surface area contributed by atoms with Crippen molar-refractivity contribution in [1.82, 2.24) is 5.32 Å². The Balaban J connectivity index is 2.70. The van der Waals surface area contributed by atoms with Crippen molar-refractivity contribution < 1.29 is 14.7 Å². The van der Waals surface area contributed by atoms with Crippen molar-refractivity contribution in [3.8, 4) is 0 Å². The second-order valence-electron chi connectivity index (χ2n) is 5.62. The molecule has 1 aromatic carbocycles. The molecular formula is C16H23NO3. The van der Waals surface area contributed by atoms with Gasteiger partial charge in [0.2, 0.25) is 5.91 Å². The number of carbonyl (C=O) groups excluding carboxylic acids is 1. The molecule has 0 unspecified atom stereocenters. The van der Waals surface area contributed by atoms with Crippen LogP contribution < -0.4 is 5.32 Å². The van der Waals surface area contributed by atoms with Gasteiger partial charge in [0.05, 0.1) is 12.8 Å². The molecule has 1 aromatic rings. The number of aliphatic carboxylic acids is 1. The maximum atomic E-state index is 12.1. The summed E-state index contributed by atoms with van der Waals surface area (Å²) in [5.41, 5.74) is 3.18. The third kappa shape index (κ3) is 5.03. The first kappa shape index (κ1) is 16.2. The summed E-state index contributed by atoms with van der Waals surface area (Å²) < 4.78 is 0. The number of carbonyl (C=O) groups is 2. The van der Waals surface area contributed by atoms with Crippen molar-refractivity contribution in [3.05, 3.63) is 34.9 Å². The van der Waals surface area contributed by atoms with Crippen LogP contribution in [0.1, 0.15) is 37.0 Å². The van der Waals surface area contributed by atoms with Crippen molar-refractivity contribution >= 4 is 11.9 Å². The summed E-state index contributed by atoms with van der Waals surface area (Å²) in [7, 11) is 0. The van der Waals surface area contributed by atoms with Crippen LogP contribution in [0, 0.1) is 19.8 Å². The monoisotopic (exact) mass is 277 g/mol. The molecule has 0 aliphatic heterocycles. The van der Waals surface area contributed by atoms with E-state index in [1.54, 1.807) is 0 Å². The second-order valence-corrected chi connectivity index (χ2v) is 5.62. The van der Waals surface area contributed by atoms with Crippen molar-refractivity contribution in [2.75, 3.05) is 0 Å². The second kappa shape index (κ2) is 7.08. The van der Waals surface area contributed by atoms with E-state index in [1.807, 2.05) is 45.9 Å². The van der Waals surface area contributed by atoms with E-state index in [4.69, 9.17) is 5.11 Å². The lowest BCUT2D eigenvalue weighted by molar-refractivity contribution is -0.138. The van der Waals surface area contributed by atoms with Gasteiger partial charge >= 0.3 is 5.97 Å². The van der Waals surface area contributed by atoms with Crippen LogP contribution in [-0.4, -0.2) is 23.0 Å². The van der Waals surface area contributed by atoms with Gasteiger partial charge in [0.25, 0.3) is 0 Å². The zero-order chi connectivity index (χ0) is 15.3. The smallest absolute Gasteiger partial charge is 0.305 e. The van der Waals surface area contributed by atoms with Crippen LogP contribution in [-0.2, 0) is 16.0 Å². The number of amides is 1. The number of aryl methyl sites for hydroxylation is 2. The van der Waals surface area contributed by atoms with E-state index in [2.05, 4.69) is 5.32 Å². The number of carboxylic acids is 1. The summed E-state index contributed by atoms with van der Waals surface area (Å²) in [6, 6.07) is 5.68. The quantitative estimate of drug-likeness (QED) is 0.839. The molecular weight excluding hydrogens is 254 g/mol. The molecule has 0 aromatic heterocycles. The fourth-order valence-electron chi connectivity index (χ4n) is 2.06. The minimum Gasteiger partial charge on any atom is -0.481 e. The van der Waals surface area contributed by atoms with Gasteiger partial charge < -0.3 is 10.4 Å². The fourth-order valence-corrected chi connectivity index (χ4v) is 2.06. The molecule has 0 fully saturated rings. The Hall–Kier alpha value is -1.84. The molecule has 0 aliphatic carbocycles. The number of benzene rings is 1. The van der Waals surface area contributed by atoms with Gasteiger partial charge in [-0.15, -0.1) is 0 Å². The third-order valence-electron chi connectivity index (χ3n) is 3.40. The highest BCUT2D eigenvalue weighted by molar-refractivity contribution is 5.80. The average molecular weight is 277 g/mol. The van der Waals surface area contributed by atoms with Gasteiger partial charge in [0, 0.05) is 6.04 Å². The highest BCUT2D eigenvalue weighted by atomic mass is 16.4. The number of hydrogen-bond acceptors (Lipinski definition) is 2. The molecule has 0 saturated carbocycles. The van der Waals surface area contributed by atoms with Gasteiger partial charge in [-0.3, -0.25) is 9.59 Å². The molecule has 4 nitrogen and oxygen atoms in total. The van der Waals surface area contributed by atoms with Crippen molar-refractivity contribution in [2.45, 2.75) is 46.6 Å². The summed E-state index contributed by atoms with van der Waals surface area (Å²) in [6.45, 7) is 7.78. The largest absolute Gasteiger partial charge is 0.481 e. The Morgan fingerprint density at radius 1 is 1.25 bits per heavy atom. The van der Waals surface area contributed by atoms with Crippen molar-refractivity contribution in [3.63, 3.8) is 0 Å². The van der Waals surface area contributed by atoms with Crippen LogP contribution >= 0.6 is 0 Å². The van der Waals surface area contributed by atoms with E-state index in [0.717, 1.165) is 16.7 Å². The van der Waals surface area contributed by atoms with Crippen LogP contribution in [0.5, 0.6) is 0 Å². The molecule has 0 spiro atoms. The average Bonchev–Trinajstić information content (AvgIpc) is 2.32. The molecule has 1 amide bonds. The van der Waals surface area contributed by atoms with Gasteiger partial charge in [-0.2, -0.15) is 0 Å². The Bertz CT molecular complexity index is 494. The molecule has 20 heavy (non-hydrogen) atoms. The van der Waals surface area contributed by atoms with E-state index >= 15 is 0 Å². The Morgan fingerprint density at radius 3 is 2.45 bits per heavy atom. The highest BCUT2D eigenvalue weighted by Gasteiger charge is 2.19. The lowest BCUT2D eigenvalue weighted by atomic mass is 9.99. The number of nitrogens with one attached hydrogen (secondary N) is 1. The predicted molar refractivity (Wildman–Crippen MR) is 78.6 cm³/mol. The Morgan fingerprint density at radius 2 is 1.90 bits per heavy atom. The molecule has 4 heteroatoms. The standard InChI is InChI=1S/C16H23NO3/c1-10(2)14(9-16(19)20)17-15(18)8-13-7-11(3)5-6-12(13)4/h5-7,10,14H,8-9H2,1-4H3,(H,17,18)(H,19,20)/t14-/m1/s1. The SMILES string of the molecule is Cc1ccc(C)c(CC(=O)N[C@H](CC(=O)O)C(C)C)c1. The predicted octanol–water partition coefficient (Wildman–Crippen LogP) is 2.46. The minimum absolute atomic E-state index is 0.0454. The Labute approximate surface area is 120 Å². The van der Waals surface area contributed by atoms with Crippen molar-refractivity contribution in [2.24, 2.45) is 5.92 Å². The highest BCUT2D eigenvalue weighted by Crippen LogP contribution is 2.12. The molecule has 2 N–H and O–H groups in total. The molecule has 0 heterocycles. The summed E-state index contributed by atoms with van der Waals surface area (Å²) in [5.74, 6) is -0.928. The molecule has 0 aliphatic rings. The van der Waals surface area contributed by atoms with Crippen LogP contribution in [0.3, 0.4) is 0 Å². The number of hydrogen-bond donors (Lipinski definition) is 2. The molecule has 110 valence electrons. The van der Waals surface area contributed by atoms with E-state index in [-0.39, 0.29) is 30.7 Å². The van der Waals surface area contributed by atoms with E-state index < -0.39 is 5.97 Å². The molecule has 0 bridgehead atoms. The number of carboxylic acid groups (broad SMARTS) is 1. The Kier molecular flexibility index (Phi) is 5.74. The zero-order valence-corrected chi connectivity index (χ0v) is 12.6. The lowest BCUT2D eigenvalue weighted by Gasteiger charge is -2.21. The van der Waals surface area contributed by atoms with Gasteiger partial charge in [-0.05, 0) is 30.9 Å². The lowest BCUT2D eigenvalue weighted by Crippen LogP contribution is -2.40. The third-order valence-corrected chi connectivity index (χ3v) is 3.40. The van der Waals surface area contributed by atoms with Crippen LogP contribution in [0.4, 0.5) is 0 Å². The summed E-state index contributed by atoms with van der Waals surface area (Å²) in [6.07, 6.45) is 0.243. The summed E-state index contributed by atoms with van der Waals surface area (Å²) >= 11 is 0. The van der Waals surface area contributed by atoms with Gasteiger partial charge in [0.15, 0.2) is 0 Å². The van der Waals surface area contributed by atoms with Crippen LogP contribution in [0.2, 0.25) is 0 Å². The maximum Gasteiger partial charge on any atom is 0.305 e. The number of rotatable bonds is 6. The van der Waals surface area contributed by atoms with E-state index in [9.17, 15) is 9.59 Å². The first-order valence-electron chi connectivity index (χ1n) is 6.87. The minimum atomic E-state index is -0.893. The molecule has 0 radical (unpaired) electrons. The zero-order valence-electron chi connectivity index (χ0n) is 12.6. The van der Waals surface area contributed by atoms with E-state index in [0.29, 0.717) is 0 Å². The van der Waals surface area contributed by atoms with Crippen LogP contribution in [0.15, 0.2) is 18.2 Å². The van der Waals surface area contributed by atoms with Gasteiger partial charge in [-0.25, -0.2) is 0 Å². The van der Waals surface area contributed by atoms with Gasteiger partial charge in [-0.1, -0.05) is 37.6 Å². The summed E-state index contributed by atoms with van der Waals surface area (Å²) in [5, 5.41) is 11.7. The normalized spacial score (nSPS) is 12.2. The molecule has 1 rings (SSSR count). The topological polar surface area (TPSA) is 66.4 Å². The fraction of sp³-hybridized carbons (Fsp3) is 0.500. The van der Waals surface area contributed by atoms with E-state index in [1.165, 1.54) is 0 Å². The first-order chi connectivity index (χ1) is 9.29. The first-order valence-corrected chi connectivity index (χ1v) is 6.87.